The van der Waals surface area contributed by atoms with Gasteiger partial charge in [-0.1, -0.05) is 25.4 Å². The van der Waals surface area contributed by atoms with E-state index in [4.69, 9.17) is 16.3 Å². The van der Waals surface area contributed by atoms with Crippen molar-refractivity contribution in [3.63, 3.8) is 0 Å². The molecular weight excluding hydrogens is 406 g/mol. The van der Waals surface area contributed by atoms with Crippen LogP contribution in [0, 0.1) is 16.7 Å². The van der Waals surface area contributed by atoms with Gasteiger partial charge in [-0.15, -0.1) is 0 Å². The number of alkyl halides is 2. The van der Waals surface area contributed by atoms with Crippen molar-refractivity contribution in [2.75, 3.05) is 19.7 Å². The summed E-state index contributed by atoms with van der Waals surface area (Å²) in [6.07, 6.45) is 1.76. The van der Waals surface area contributed by atoms with Crippen LogP contribution >= 0.6 is 11.6 Å². The van der Waals surface area contributed by atoms with Crippen molar-refractivity contribution >= 4 is 23.3 Å². The summed E-state index contributed by atoms with van der Waals surface area (Å²) in [6, 6.07) is 5.81. The van der Waals surface area contributed by atoms with Gasteiger partial charge in [-0.2, -0.15) is 14.0 Å². The summed E-state index contributed by atoms with van der Waals surface area (Å²) in [7, 11) is 0. The van der Waals surface area contributed by atoms with Gasteiger partial charge >= 0.3 is 6.61 Å². The maximum absolute atomic E-state index is 13.1. The molecule has 3 rings (SSSR count). The highest BCUT2D eigenvalue weighted by atomic mass is 35.5. The molecule has 1 aliphatic heterocycles. The normalized spacial score (nSPS) is 23.7. The molecule has 154 valence electrons. The summed E-state index contributed by atoms with van der Waals surface area (Å²) in [5.74, 6) is -1.12. The van der Waals surface area contributed by atoms with E-state index in [9.17, 15) is 23.6 Å². The van der Waals surface area contributed by atoms with Gasteiger partial charge in [0.2, 0.25) is 0 Å². The summed E-state index contributed by atoms with van der Waals surface area (Å²) >= 11 is 5.84. The quantitative estimate of drug-likeness (QED) is 0.740. The van der Waals surface area contributed by atoms with Gasteiger partial charge < -0.3 is 14.4 Å². The number of carbonyl (C=O) groups is 2. The second-order valence-corrected chi connectivity index (χ2v) is 8.15. The van der Waals surface area contributed by atoms with E-state index in [-0.39, 0.29) is 53.8 Å². The SMILES string of the molecule is CC1(C)CC2(C=C(C#N)C1=O)CN(C(=O)c1ccc(Cl)cc1OC(F)F)CCO2. The van der Waals surface area contributed by atoms with Crippen molar-refractivity contribution in [3.8, 4) is 11.8 Å². The molecule has 1 heterocycles. The summed E-state index contributed by atoms with van der Waals surface area (Å²) in [4.78, 5) is 26.9. The molecule has 1 fully saturated rings. The van der Waals surface area contributed by atoms with Crippen LogP contribution in [0.4, 0.5) is 8.78 Å². The third kappa shape index (κ3) is 4.26. The standard InChI is InChI=1S/C20H19ClF2N2O4/c1-19(2)10-20(8-12(9-24)16(19)26)11-25(5-6-28-20)17(27)14-4-3-13(21)7-15(14)29-18(22)23/h3-4,7-8,18H,5-6,10-11H2,1-2H3. The fourth-order valence-electron chi connectivity index (χ4n) is 3.87. The molecule has 0 radical (unpaired) electrons. The highest BCUT2D eigenvalue weighted by Gasteiger charge is 2.48. The molecular formula is C20H19ClF2N2O4. The van der Waals surface area contributed by atoms with E-state index in [1.807, 2.05) is 6.07 Å². The van der Waals surface area contributed by atoms with Gasteiger partial charge in [0.05, 0.1) is 24.3 Å². The number of benzene rings is 1. The Hall–Kier alpha value is -2.50. The fraction of sp³-hybridized carbons (Fsp3) is 0.450. The lowest BCUT2D eigenvalue weighted by Crippen LogP contribution is -2.57. The van der Waals surface area contributed by atoms with E-state index >= 15 is 0 Å². The molecule has 6 nitrogen and oxygen atoms in total. The molecule has 1 amide bonds. The summed E-state index contributed by atoms with van der Waals surface area (Å²) in [6.45, 7) is 0.802. The third-order valence-corrected chi connectivity index (χ3v) is 5.25. The Kier molecular flexibility index (Phi) is 5.65. The first kappa shape index (κ1) is 21.2. The monoisotopic (exact) mass is 424 g/mol. The zero-order valence-electron chi connectivity index (χ0n) is 15.9. The van der Waals surface area contributed by atoms with Crippen molar-refractivity contribution in [2.24, 2.45) is 5.41 Å². The van der Waals surface area contributed by atoms with Crippen LogP contribution in [0.15, 0.2) is 29.8 Å². The molecule has 9 heteroatoms. The predicted molar refractivity (Wildman–Crippen MR) is 99.8 cm³/mol. The van der Waals surface area contributed by atoms with Crippen LogP contribution in [-0.2, 0) is 9.53 Å². The number of hydrogen-bond acceptors (Lipinski definition) is 5. The van der Waals surface area contributed by atoms with E-state index < -0.39 is 23.5 Å². The van der Waals surface area contributed by atoms with Gasteiger partial charge in [-0.25, -0.2) is 0 Å². The van der Waals surface area contributed by atoms with Crippen molar-refractivity contribution in [3.05, 3.63) is 40.4 Å². The second-order valence-electron chi connectivity index (χ2n) is 7.72. The van der Waals surface area contributed by atoms with Gasteiger partial charge in [0, 0.05) is 17.0 Å². The Bertz CT molecular complexity index is 926. The van der Waals surface area contributed by atoms with E-state index in [1.165, 1.54) is 23.1 Å². The Balaban J connectivity index is 1.92. The summed E-state index contributed by atoms with van der Waals surface area (Å²) in [5.41, 5.74) is -1.91. The number of nitrogens with zero attached hydrogens (tertiary/aromatic N) is 2. The average molecular weight is 425 g/mol. The lowest BCUT2D eigenvalue weighted by molar-refractivity contribution is -0.134. The largest absolute Gasteiger partial charge is 0.434 e. The first-order chi connectivity index (χ1) is 13.6. The van der Waals surface area contributed by atoms with E-state index in [0.717, 1.165) is 6.07 Å². The van der Waals surface area contributed by atoms with Crippen LogP contribution in [0.2, 0.25) is 5.02 Å². The Morgan fingerprint density at radius 2 is 2.14 bits per heavy atom. The molecule has 0 N–H and O–H groups in total. The maximum Gasteiger partial charge on any atom is 0.387 e. The van der Waals surface area contributed by atoms with Gasteiger partial charge in [0.15, 0.2) is 5.78 Å². The maximum atomic E-state index is 13.1. The second kappa shape index (κ2) is 7.73. The summed E-state index contributed by atoms with van der Waals surface area (Å²) in [5, 5.41) is 9.49. The smallest absolute Gasteiger partial charge is 0.387 e. The van der Waals surface area contributed by atoms with Crippen LogP contribution in [-0.4, -0.2) is 48.5 Å². The number of rotatable bonds is 3. The van der Waals surface area contributed by atoms with Crippen molar-refractivity contribution in [1.82, 2.24) is 4.90 Å². The minimum absolute atomic E-state index is 0.0104. The fourth-order valence-corrected chi connectivity index (χ4v) is 4.03. The van der Waals surface area contributed by atoms with Crippen LogP contribution in [0.3, 0.4) is 0 Å². The zero-order chi connectivity index (χ0) is 21.4. The van der Waals surface area contributed by atoms with Gasteiger partial charge in [-0.3, -0.25) is 9.59 Å². The lowest BCUT2D eigenvalue weighted by atomic mass is 9.69. The van der Waals surface area contributed by atoms with E-state index in [2.05, 4.69) is 4.74 Å². The number of hydrogen-bond donors (Lipinski definition) is 0. The topological polar surface area (TPSA) is 79.6 Å². The van der Waals surface area contributed by atoms with Crippen LogP contribution < -0.4 is 4.74 Å². The van der Waals surface area contributed by atoms with Crippen molar-refractivity contribution < 1.29 is 27.8 Å². The molecule has 1 aromatic carbocycles. The van der Waals surface area contributed by atoms with Crippen LogP contribution in [0.5, 0.6) is 5.75 Å². The predicted octanol–water partition coefficient (Wildman–Crippen LogP) is 3.60. The molecule has 0 saturated carbocycles. The minimum Gasteiger partial charge on any atom is -0.434 e. The molecule has 2 aliphatic rings. The molecule has 1 atom stereocenters. The van der Waals surface area contributed by atoms with Crippen molar-refractivity contribution in [1.29, 1.82) is 5.26 Å². The number of amides is 1. The van der Waals surface area contributed by atoms with Crippen LogP contribution in [0.1, 0.15) is 30.6 Å². The molecule has 1 saturated heterocycles. The number of nitriles is 1. The molecule has 1 spiro atoms. The molecule has 1 unspecified atom stereocenters. The number of carbonyl (C=O) groups excluding carboxylic acids is 2. The minimum atomic E-state index is -3.11. The summed E-state index contributed by atoms with van der Waals surface area (Å²) < 4.78 is 35.9. The number of ether oxygens (including phenoxy) is 2. The molecule has 29 heavy (non-hydrogen) atoms. The highest BCUT2D eigenvalue weighted by molar-refractivity contribution is 6.30. The van der Waals surface area contributed by atoms with Gasteiger partial charge in [0.25, 0.3) is 5.91 Å². The van der Waals surface area contributed by atoms with Crippen molar-refractivity contribution in [2.45, 2.75) is 32.5 Å². The first-order valence-corrected chi connectivity index (χ1v) is 9.30. The average Bonchev–Trinajstić information content (AvgIpc) is 2.63. The molecule has 0 bridgehead atoms. The van der Waals surface area contributed by atoms with Gasteiger partial charge in [0.1, 0.15) is 17.4 Å². The van der Waals surface area contributed by atoms with Gasteiger partial charge in [-0.05, 0) is 30.7 Å². The number of Topliss-reactive ketones (excluding diaryl/α,β-unsaturated/α-hetero) is 1. The first-order valence-electron chi connectivity index (χ1n) is 8.92. The van der Waals surface area contributed by atoms with E-state index in [0.29, 0.717) is 0 Å². The highest BCUT2D eigenvalue weighted by Crippen LogP contribution is 2.41. The Labute approximate surface area is 171 Å². The number of morpholine rings is 1. The molecule has 0 aromatic heterocycles. The number of halogens is 3. The lowest BCUT2D eigenvalue weighted by Gasteiger charge is -2.46. The Morgan fingerprint density at radius 1 is 1.41 bits per heavy atom. The zero-order valence-corrected chi connectivity index (χ0v) is 16.6. The molecule has 1 aromatic rings. The van der Waals surface area contributed by atoms with E-state index in [1.54, 1.807) is 13.8 Å². The Morgan fingerprint density at radius 3 is 2.79 bits per heavy atom. The number of ketones is 1. The number of allylic oxidation sites excluding steroid dienone is 1. The third-order valence-electron chi connectivity index (χ3n) is 5.01. The molecule has 1 aliphatic carbocycles. The van der Waals surface area contributed by atoms with Crippen LogP contribution in [0.25, 0.3) is 0 Å².